The second kappa shape index (κ2) is 3.38. The average molecular weight is 177 g/mol. The van der Waals surface area contributed by atoms with Gasteiger partial charge in [-0.1, -0.05) is 12.1 Å². The number of hydrogen-bond donors (Lipinski definition) is 1. The molecule has 0 radical (unpaired) electrons. The average Bonchev–Trinajstić information content (AvgIpc) is 2.18. The number of methoxy groups -OCH3 is 1. The van der Waals surface area contributed by atoms with Crippen LogP contribution in [0.1, 0.15) is 17.5 Å². The first-order valence-electron chi connectivity index (χ1n) is 4.70. The maximum atomic E-state index is 5.89. The van der Waals surface area contributed by atoms with Gasteiger partial charge in [-0.05, 0) is 36.5 Å². The SMILES string of the molecule is COC1CCc2c(N)cccc2C1. The highest BCUT2D eigenvalue weighted by Gasteiger charge is 2.18. The summed E-state index contributed by atoms with van der Waals surface area (Å²) in [7, 11) is 1.78. The maximum absolute atomic E-state index is 5.89. The lowest BCUT2D eigenvalue weighted by Gasteiger charge is -2.24. The van der Waals surface area contributed by atoms with Crippen LogP contribution in [0.25, 0.3) is 0 Å². The highest BCUT2D eigenvalue weighted by molar-refractivity contribution is 5.52. The van der Waals surface area contributed by atoms with Gasteiger partial charge in [-0.2, -0.15) is 0 Å². The Kier molecular flexibility index (Phi) is 2.23. The standard InChI is InChI=1S/C11H15NO/c1-13-9-5-6-10-8(7-9)3-2-4-11(10)12/h2-4,9H,5-7,12H2,1H3. The Morgan fingerprint density at radius 2 is 2.31 bits per heavy atom. The predicted molar refractivity (Wildman–Crippen MR) is 53.7 cm³/mol. The third kappa shape index (κ3) is 1.54. The normalized spacial score (nSPS) is 21.2. The fourth-order valence-corrected chi connectivity index (χ4v) is 2.00. The molecule has 0 aliphatic heterocycles. The van der Waals surface area contributed by atoms with Gasteiger partial charge in [0, 0.05) is 12.8 Å². The van der Waals surface area contributed by atoms with Crippen LogP contribution in [0, 0.1) is 0 Å². The number of fused-ring (bicyclic) bond motifs is 1. The number of nitrogens with two attached hydrogens (primary N) is 1. The quantitative estimate of drug-likeness (QED) is 0.663. The van der Waals surface area contributed by atoms with Crippen molar-refractivity contribution in [2.24, 2.45) is 0 Å². The molecule has 0 saturated heterocycles. The van der Waals surface area contributed by atoms with Crippen molar-refractivity contribution < 1.29 is 4.74 Å². The van der Waals surface area contributed by atoms with Gasteiger partial charge in [-0.25, -0.2) is 0 Å². The first-order chi connectivity index (χ1) is 6.31. The molecule has 1 aliphatic carbocycles. The van der Waals surface area contributed by atoms with Gasteiger partial charge in [0.2, 0.25) is 0 Å². The summed E-state index contributed by atoms with van der Waals surface area (Å²) < 4.78 is 5.35. The van der Waals surface area contributed by atoms with Gasteiger partial charge in [-0.3, -0.25) is 0 Å². The van der Waals surface area contributed by atoms with Gasteiger partial charge < -0.3 is 10.5 Å². The van der Waals surface area contributed by atoms with E-state index < -0.39 is 0 Å². The topological polar surface area (TPSA) is 35.2 Å². The summed E-state index contributed by atoms with van der Waals surface area (Å²) in [5.74, 6) is 0. The molecular weight excluding hydrogens is 162 g/mol. The summed E-state index contributed by atoms with van der Waals surface area (Å²) in [6.45, 7) is 0. The van der Waals surface area contributed by atoms with Crippen LogP contribution in [0.4, 0.5) is 5.69 Å². The van der Waals surface area contributed by atoms with Crippen molar-refractivity contribution in [1.29, 1.82) is 0 Å². The van der Waals surface area contributed by atoms with Crippen molar-refractivity contribution in [1.82, 2.24) is 0 Å². The highest BCUT2D eigenvalue weighted by atomic mass is 16.5. The van der Waals surface area contributed by atoms with Crippen LogP contribution in [0.15, 0.2) is 18.2 Å². The third-order valence-corrected chi connectivity index (χ3v) is 2.81. The number of hydrogen-bond acceptors (Lipinski definition) is 2. The lowest BCUT2D eigenvalue weighted by Crippen LogP contribution is -2.21. The molecule has 13 heavy (non-hydrogen) atoms. The Morgan fingerprint density at radius 3 is 3.08 bits per heavy atom. The van der Waals surface area contributed by atoms with E-state index in [1.165, 1.54) is 11.1 Å². The van der Waals surface area contributed by atoms with Gasteiger partial charge in [0.05, 0.1) is 6.10 Å². The number of ether oxygens (including phenoxy) is 1. The van der Waals surface area contributed by atoms with E-state index in [0.717, 1.165) is 24.9 Å². The molecule has 0 amide bonds. The van der Waals surface area contributed by atoms with Crippen LogP contribution in [0.5, 0.6) is 0 Å². The van der Waals surface area contributed by atoms with Gasteiger partial charge in [0.25, 0.3) is 0 Å². The summed E-state index contributed by atoms with van der Waals surface area (Å²) in [5, 5.41) is 0. The van der Waals surface area contributed by atoms with Gasteiger partial charge in [0.1, 0.15) is 0 Å². The lowest BCUT2D eigenvalue weighted by molar-refractivity contribution is 0.0912. The molecule has 2 heteroatoms. The number of nitrogen functional groups attached to an aromatic ring is 1. The molecule has 2 nitrogen and oxygen atoms in total. The summed E-state index contributed by atoms with van der Waals surface area (Å²) >= 11 is 0. The number of anilines is 1. The Morgan fingerprint density at radius 1 is 1.46 bits per heavy atom. The van der Waals surface area contributed by atoms with E-state index in [2.05, 4.69) is 6.07 Å². The van der Waals surface area contributed by atoms with Crippen LogP contribution >= 0.6 is 0 Å². The predicted octanol–water partition coefficient (Wildman–Crippen LogP) is 1.77. The first kappa shape index (κ1) is 8.57. The van der Waals surface area contributed by atoms with E-state index >= 15 is 0 Å². The second-order valence-corrected chi connectivity index (χ2v) is 3.59. The zero-order valence-electron chi connectivity index (χ0n) is 7.92. The van der Waals surface area contributed by atoms with Crippen LogP contribution in [0.2, 0.25) is 0 Å². The van der Waals surface area contributed by atoms with Crippen LogP contribution in [-0.2, 0) is 17.6 Å². The zero-order chi connectivity index (χ0) is 9.26. The van der Waals surface area contributed by atoms with Crippen LogP contribution < -0.4 is 5.73 Å². The van der Waals surface area contributed by atoms with E-state index in [0.29, 0.717) is 6.10 Å². The van der Waals surface area contributed by atoms with E-state index in [1.807, 2.05) is 12.1 Å². The van der Waals surface area contributed by atoms with Crippen LogP contribution in [0.3, 0.4) is 0 Å². The summed E-state index contributed by atoms with van der Waals surface area (Å²) in [6, 6.07) is 6.15. The van der Waals surface area contributed by atoms with Crippen molar-refractivity contribution in [3.05, 3.63) is 29.3 Å². The molecule has 1 aromatic carbocycles. The van der Waals surface area contributed by atoms with Crippen molar-refractivity contribution in [2.75, 3.05) is 12.8 Å². The van der Waals surface area contributed by atoms with Crippen molar-refractivity contribution >= 4 is 5.69 Å². The van der Waals surface area contributed by atoms with Crippen LogP contribution in [-0.4, -0.2) is 13.2 Å². The van der Waals surface area contributed by atoms with E-state index in [-0.39, 0.29) is 0 Å². The minimum atomic E-state index is 0.384. The molecule has 0 saturated carbocycles. The van der Waals surface area contributed by atoms with E-state index in [1.54, 1.807) is 7.11 Å². The number of rotatable bonds is 1. The molecule has 1 aromatic rings. The summed E-state index contributed by atoms with van der Waals surface area (Å²) in [6.07, 6.45) is 3.55. The lowest BCUT2D eigenvalue weighted by atomic mass is 9.89. The molecule has 0 fully saturated rings. The molecule has 0 heterocycles. The van der Waals surface area contributed by atoms with E-state index in [4.69, 9.17) is 10.5 Å². The molecular formula is C11H15NO. The molecule has 0 spiro atoms. The molecule has 1 atom stereocenters. The van der Waals surface area contributed by atoms with E-state index in [9.17, 15) is 0 Å². The van der Waals surface area contributed by atoms with Crippen molar-refractivity contribution in [3.63, 3.8) is 0 Å². The third-order valence-electron chi connectivity index (χ3n) is 2.81. The van der Waals surface area contributed by atoms with Gasteiger partial charge in [-0.15, -0.1) is 0 Å². The summed E-state index contributed by atoms with van der Waals surface area (Å²) in [5.41, 5.74) is 9.51. The Hall–Kier alpha value is -1.02. The molecule has 0 bridgehead atoms. The molecule has 0 aromatic heterocycles. The first-order valence-corrected chi connectivity index (χ1v) is 4.70. The molecule has 1 unspecified atom stereocenters. The second-order valence-electron chi connectivity index (χ2n) is 3.59. The Bertz CT molecular complexity index is 309. The molecule has 2 rings (SSSR count). The fourth-order valence-electron chi connectivity index (χ4n) is 2.00. The Balaban J connectivity index is 2.31. The summed E-state index contributed by atoms with van der Waals surface area (Å²) in [4.78, 5) is 0. The molecule has 1 aliphatic rings. The fraction of sp³-hybridized carbons (Fsp3) is 0.455. The van der Waals surface area contributed by atoms with Gasteiger partial charge in [0.15, 0.2) is 0 Å². The van der Waals surface area contributed by atoms with Crippen molar-refractivity contribution in [2.45, 2.75) is 25.4 Å². The number of benzene rings is 1. The smallest absolute Gasteiger partial charge is 0.0615 e. The monoisotopic (exact) mass is 177 g/mol. The van der Waals surface area contributed by atoms with Gasteiger partial charge >= 0.3 is 0 Å². The molecule has 70 valence electrons. The van der Waals surface area contributed by atoms with Crippen molar-refractivity contribution in [3.8, 4) is 0 Å². The largest absolute Gasteiger partial charge is 0.398 e. The zero-order valence-corrected chi connectivity index (χ0v) is 7.92. The minimum absolute atomic E-state index is 0.384. The Labute approximate surface area is 78.7 Å². The highest BCUT2D eigenvalue weighted by Crippen LogP contribution is 2.26. The maximum Gasteiger partial charge on any atom is 0.0615 e. The minimum Gasteiger partial charge on any atom is -0.398 e. The molecule has 2 N–H and O–H groups in total.